The van der Waals surface area contributed by atoms with Gasteiger partial charge in [-0.2, -0.15) is 0 Å². The molecule has 2 rings (SSSR count). The molecule has 0 heterocycles. The van der Waals surface area contributed by atoms with Crippen LogP contribution in [-0.2, 0) is 0 Å². The van der Waals surface area contributed by atoms with Gasteiger partial charge in [-0.25, -0.2) is 0 Å². The van der Waals surface area contributed by atoms with Crippen molar-refractivity contribution < 1.29 is 5.11 Å². The van der Waals surface area contributed by atoms with Gasteiger partial charge in [-0.15, -0.1) is 0 Å². The second kappa shape index (κ2) is 6.78. The van der Waals surface area contributed by atoms with Gasteiger partial charge in [0.2, 0.25) is 0 Å². The fourth-order valence-electron chi connectivity index (χ4n) is 4.17. The molecule has 0 radical (unpaired) electrons. The van der Waals surface area contributed by atoms with Crippen molar-refractivity contribution in [1.29, 1.82) is 0 Å². The van der Waals surface area contributed by atoms with E-state index in [9.17, 15) is 5.11 Å². The Labute approximate surface area is 107 Å². The van der Waals surface area contributed by atoms with E-state index >= 15 is 0 Å². The lowest BCUT2D eigenvalue weighted by Crippen LogP contribution is -2.50. The van der Waals surface area contributed by atoms with Crippen molar-refractivity contribution in [3.8, 4) is 0 Å². The first-order chi connectivity index (χ1) is 8.34. The molecule has 4 atom stereocenters. The van der Waals surface area contributed by atoms with E-state index in [2.05, 4.69) is 6.92 Å². The molecule has 17 heavy (non-hydrogen) atoms. The van der Waals surface area contributed by atoms with Crippen molar-refractivity contribution >= 4 is 0 Å². The summed E-state index contributed by atoms with van der Waals surface area (Å²) >= 11 is 0. The minimum atomic E-state index is 0.0351. The fraction of sp³-hybridized carbons (Fsp3) is 1.00. The molecule has 1 heteroatoms. The van der Waals surface area contributed by atoms with Crippen molar-refractivity contribution in [3.05, 3.63) is 0 Å². The Morgan fingerprint density at radius 1 is 0.765 bits per heavy atom. The number of rotatable bonds is 1. The maximum absolute atomic E-state index is 10.2. The Morgan fingerprint density at radius 3 is 1.76 bits per heavy atom. The molecule has 0 amide bonds. The molecule has 1 N–H and O–H groups in total. The van der Waals surface area contributed by atoms with Crippen LogP contribution in [0.4, 0.5) is 0 Å². The largest absolute Gasteiger partial charge is 0.393 e. The van der Waals surface area contributed by atoms with Gasteiger partial charge in [0.1, 0.15) is 0 Å². The van der Waals surface area contributed by atoms with Crippen LogP contribution in [0.15, 0.2) is 0 Å². The molecule has 0 aromatic heterocycles. The van der Waals surface area contributed by atoms with E-state index in [0.717, 1.165) is 5.92 Å². The zero-order valence-electron chi connectivity index (χ0n) is 11.5. The first-order valence-electron chi connectivity index (χ1n) is 8.02. The molecular formula is C16H30O. The summed E-state index contributed by atoms with van der Waals surface area (Å²) in [6, 6.07) is 0. The van der Waals surface area contributed by atoms with E-state index in [4.69, 9.17) is 0 Å². The van der Waals surface area contributed by atoms with Gasteiger partial charge in [-0.3, -0.25) is 0 Å². The second-order valence-corrected chi connectivity index (χ2v) is 6.30. The van der Waals surface area contributed by atoms with Gasteiger partial charge in [0.05, 0.1) is 6.10 Å². The lowest BCUT2D eigenvalue weighted by atomic mass is 9.58. The number of hydrogen-bond acceptors (Lipinski definition) is 1. The van der Waals surface area contributed by atoms with Crippen LogP contribution in [0, 0.1) is 17.8 Å². The summed E-state index contributed by atoms with van der Waals surface area (Å²) in [5, 5.41) is 10.2. The lowest BCUT2D eigenvalue weighted by molar-refractivity contribution is -0.111. The van der Waals surface area contributed by atoms with E-state index in [-0.39, 0.29) is 6.10 Å². The average Bonchev–Trinajstić information content (AvgIpc) is 2.32. The van der Waals surface area contributed by atoms with Gasteiger partial charge >= 0.3 is 0 Å². The molecule has 2 aliphatic carbocycles. The molecule has 0 aliphatic heterocycles. The highest BCUT2D eigenvalue weighted by Crippen LogP contribution is 2.48. The Balaban J connectivity index is 1.85. The topological polar surface area (TPSA) is 20.2 Å². The van der Waals surface area contributed by atoms with Gasteiger partial charge < -0.3 is 5.11 Å². The van der Waals surface area contributed by atoms with Gasteiger partial charge in [0.25, 0.3) is 0 Å². The van der Waals surface area contributed by atoms with Crippen LogP contribution >= 0.6 is 0 Å². The molecular weight excluding hydrogens is 208 g/mol. The highest BCUT2D eigenvalue weighted by Gasteiger charge is 2.46. The number of fused-ring (bicyclic) bond motifs is 1. The van der Waals surface area contributed by atoms with Crippen molar-refractivity contribution in [3.63, 3.8) is 0 Å². The summed E-state index contributed by atoms with van der Waals surface area (Å²) in [5.41, 5.74) is 0. The van der Waals surface area contributed by atoms with Crippen LogP contribution < -0.4 is 0 Å². The van der Waals surface area contributed by atoms with Gasteiger partial charge in [0, 0.05) is 0 Å². The minimum absolute atomic E-state index is 0.0351. The zero-order chi connectivity index (χ0) is 12.1. The lowest BCUT2D eigenvalue weighted by Gasteiger charge is -2.50. The standard InChI is InChI=1S/C16H30O/c1-2-13-14-11-9-7-5-3-4-6-8-10-12-15(14)16(13)17/h13-17H,2-12H2,1H3. The number of aliphatic hydroxyl groups is 1. The van der Waals surface area contributed by atoms with E-state index in [1.165, 1.54) is 70.6 Å². The third kappa shape index (κ3) is 3.24. The van der Waals surface area contributed by atoms with Crippen molar-refractivity contribution in [2.75, 3.05) is 0 Å². The quantitative estimate of drug-likeness (QED) is 0.711. The molecule has 0 saturated heterocycles. The van der Waals surface area contributed by atoms with E-state index < -0.39 is 0 Å². The predicted molar refractivity (Wildman–Crippen MR) is 72.9 cm³/mol. The van der Waals surface area contributed by atoms with Crippen LogP contribution in [0.1, 0.15) is 77.6 Å². The highest BCUT2D eigenvalue weighted by atomic mass is 16.3. The highest BCUT2D eigenvalue weighted by molar-refractivity contribution is 4.96. The fourth-order valence-corrected chi connectivity index (χ4v) is 4.17. The molecule has 0 aromatic carbocycles. The predicted octanol–water partition coefficient (Wildman–Crippen LogP) is 4.53. The van der Waals surface area contributed by atoms with Crippen LogP contribution in [0.25, 0.3) is 0 Å². The van der Waals surface area contributed by atoms with Gasteiger partial charge in [-0.05, 0) is 30.6 Å². The van der Waals surface area contributed by atoms with Crippen LogP contribution in [0.5, 0.6) is 0 Å². The zero-order valence-corrected chi connectivity index (χ0v) is 11.5. The minimum Gasteiger partial charge on any atom is -0.393 e. The summed E-state index contributed by atoms with van der Waals surface area (Å²) in [5.74, 6) is 2.14. The molecule has 2 aliphatic rings. The normalized spacial score (nSPS) is 40.6. The SMILES string of the molecule is CCC1C(O)C2CCCCCCCCCCC12. The Hall–Kier alpha value is -0.0400. The summed E-state index contributed by atoms with van der Waals surface area (Å²) < 4.78 is 0. The second-order valence-electron chi connectivity index (χ2n) is 6.30. The van der Waals surface area contributed by atoms with Crippen molar-refractivity contribution in [2.24, 2.45) is 17.8 Å². The third-order valence-electron chi connectivity index (χ3n) is 5.27. The molecule has 0 aromatic rings. The first kappa shape index (κ1) is 13.4. The first-order valence-corrected chi connectivity index (χ1v) is 8.02. The maximum Gasteiger partial charge on any atom is 0.0601 e. The maximum atomic E-state index is 10.2. The number of hydrogen-bond donors (Lipinski definition) is 1. The molecule has 1 nitrogen and oxygen atoms in total. The molecule has 0 spiro atoms. The van der Waals surface area contributed by atoms with E-state index in [1.807, 2.05) is 0 Å². The Bertz CT molecular complexity index is 214. The van der Waals surface area contributed by atoms with Crippen LogP contribution in [0.2, 0.25) is 0 Å². The van der Waals surface area contributed by atoms with E-state index in [1.54, 1.807) is 0 Å². The molecule has 2 saturated carbocycles. The summed E-state index contributed by atoms with van der Waals surface area (Å²) in [6.07, 6.45) is 15.2. The Kier molecular flexibility index (Phi) is 5.34. The average molecular weight is 238 g/mol. The molecule has 2 fully saturated rings. The molecule has 100 valence electrons. The summed E-state index contributed by atoms with van der Waals surface area (Å²) in [4.78, 5) is 0. The Morgan fingerprint density at radius 2 is 1.24 bits per heavy atom. The summed E-state index contributed by atoms with van der Waals surface area (Å²) in [6.45, 7) is 2.25. The van der Waals surface area contributed by atoms with Crippen LogP contribution in [0.3, 0.4) is 0 Å². The van der Waals surface area contributed by atoms with Crippen molar-refractivity contribution in [2.45, 2.75) is 83.7 Å². The van der Waals surface area contributed by atoms with Gasteiger partial charge in [0.15, 0.2) is 0 Å². The number of aliphatic hydroxyl groups excluding tert-OH is 1. The van der Waals surface area contributed by atoms with Gasteiger partial charge in [-0.1, -0.05) is 64.7 Å². The smallest absolute Gasteiger partial charge is 0.0601 e. The third-order valence-corrected chi connectivity index (χ3v) is 5.27. The van der Waals surface area contributed by atoms with E-state index in [0.29, 0.717) is 11.8 Å². The molecule has 4 unspecified atom stereocenters. The van der Waals surface area contributed by atoms with Crippen molar-refractivity contribution in [1.82, 2.24) is 0 Å². The molecule has 0 bridgehead atoms. The van der Waals surface area contributed by atoms with Crippen LogP contribution in [-0.4, -0.2) is 11.2 Å². The monoisotopic (exact) mass is 238 g/mol. The summed E-state index contributed by atoms with van der Waals surface area (Å²) in [7, 11) is 0.